The summed E-state index contributed by atoms with van der Waals surface area (Å²) in [4.78, 5) is 0. The Kier molecular flexibility index (Phi) is 7.87. The molecule has 5 aromatic carbocycles. The lowest BCUT2D eigenvalue weighted by atomic mass is 9.99. The number of ether oxygens (including phenoxy) is 1. The average molecular weight is 514 g/mol. The van der Waals surface area contributed by atoms with Crippen molar-refractivity contribution >= 4 is 23.2 Å². The average Bonchev–Trinajstić information content (AvgIpc) is 2.97. The monoisotopic (exact) mass is 513 g/mol. The summed E-state index contributed by atoms with van der Waals surface area (Å²) in [6.45, 7) is 6.35. The normalized spacial score (nSPS) is 11.9. The lowest BCUT2D eigenvalue weighted by Crippen LogP contribution is -2.30. The van der Waals surface area contributed by atoms with Crippen molar-refractivity contribution in [2.75, 3.05) is 0 Å². The smallest absolute Gasteiger partial charge is 0.149 e. The zero-order valence-electron chi connectivity index (χ0n) is 22.3. The molecular formula is C36H34OP+. The van der Waals surface area contributed by atoms with E-state index >= 15 is 0 Å². The lowest BCUT2D eigenvalue weighted by Gasteiger charge is -2.26. The zero-order valence-corrected chi connectivity index (χ0v) is 23.2. The Morgan fingerprint density at radius 3 is 1.21 bits per heavy atom. The van der Waals surface area contributed by atoms with Gasteiger partial charge in [0.25, 0.3) is 0 Å². The van der Waals surface area contributed by atoms with Crippen LogP contribution in [0.4, 0.5) is 0 Å². The second kappa shape index (κ2) is 11.6. The molecule has 38 heavy (non-hydrogen) atoms. The van der Waals surface area contributed by atoms with Crippen LogP contribution >= 0.6 is 7.26 Å². The molecule has 0 aliphatic heterocycles. The Balaban J connectivity index is 1.67. The van der Waals surface area contributed by atoms with Gasteiger partial charge in [0, 0.05) is 0 Å². The van der Waals surface area contributed by atoms with E-state index in [1.54, 1.807) is 0 Å². The Hall–Kier alpha value is -3.93. The highest BCUT2D eigenvalue weighted by Gasteiger charge is 2.44. The van der Waals surface area contributed by atoms with Gasteiger partial charge >= 0.3 is 0 Å². The Morgan fingerprint density at radius 1 is 0.526 bits per heavy atom. The van der Waals surface area contributed by atoms with Gasteiger partial charge in [0.1, 0.15) is 40.9 Å². The quantitative estimate of drug-likeness (QED) is 0.150. The number of rotatable bonds is 8. The summed E-state index contributed by atoms with van der Waals surface area (Å²) in [6, 6.07) is 50.0. The predicted molar refractivity (Wildman–Crippen MR) is 164 cm³/mol. The minimum absolute atomic E-state index is 0.198. The maximum Gasteiger partial charge on any atom is 0.149 e. The van der Waals surface area contributed by atoms with Crippen molar-refractivity contribution in [3.63, 3.8) is 0 Å². The molecule has 1 nitrogen and oxygen atoms in total. The van der Waals surface area contributed by atoms with Crippen molar-refractivity contribution < 1.29 is 4.74 Å². The molecule has 0 N–H and O–H groups in total. The molecule has 5 aromatic rings. The fourth-order valence-electron chi connectivity index (χ4n) is 4.96. The highest BCUT2D eigenvalue weighted by atomic mass is 31.2. The van der Waals surface area contributed by atoms with Crippen LogP contribution < -0.4 is 15.9 Å². The first-order chi connectivity index (χ1) is 18.6. The summed E-state index contributed by atoms with van der Waals surface area (Å²) >= 11 is 0. The third kappa shape index (κ3) is 5.49. The summed E-state index contributed by atoms with van der Waals surface area (Å²) in [6.07, 6.45) is -0.198. The molecule has 2 heteroatoms. The summed E-state index contributed by atoms with van der Waals surface area (Å²) in [5.74, 6) is 3.32. The van der Waals surface area contributed by atoms with Crippen LogP contribution in [-0.2, 0) is 4.74 Å². The molecule has 0 aromatic heterocycles. The highest BCUT2D eigenvalue weighted by molar-refractivity contribution is 7.98. The maximum absolute atomic E-state index is 6.91. The third-order valence-electron chi connectivity index (χ3n) is 6.93. The molecule has 0 spiro atoms. The van der Waals surface area contributed by atoms with Crippen molar-refractivity contribution in [2.45, 2.75) is 26.9 Å². The molecule has 0 radical (unpaired) electrons. The van der Waals surface area contributed by atoms with Crippen molar-refractivity contribution in [1.29, 1.82) is 0 Å². The van der Waals surface area contributed by atoms with Crippen LogP contribution in [0.15, 0.2) is 151 Å². The number of hydrogen-bond acceptors (Lipinski definition) is 1. The van der Waals surface area contributed by atoms with Crippen LogP contribution in [0.2, 0.25) is 0 Å². The Morgan fingerprint density at radius 2 is 0.868 bits per heavy atom. The topological polar surface area (TPSA) is 9.23 Å². The first kappa shape index (κ1) is 25.7. The minimum atomic E-state index is -2.15. The highest BCUT2D eigenvalue weighted by Crippen LogP contribution is 2.57. The molecular weight excluding hydrogens is 479 g/mol. The van der Waals surface area contributed by atoms with Crippen LogP contribution in [-0.4, -0.2) is 0 Å². The van der Waals surface area contributed by atoms with E-state index in [9.17, 15) is 0 Å². The standard InChI is InChI=1S/C36H34OP/c1-28-19-23-31(24-20-28)36(32-25-21-29(2)22-26-32)37-30(3)27-38(33-13-7-4-8-14-33,34-15-9-5-10-16-34)35-17-11-6-12-18-35/h4-27,36H,1-3H3/q+1/b30-27-. The fourth-order valence-corrected chi connectivity index (χ4v) is 8.84. The minimum Gasteiger partial charge on any atom is -0.482 e. The van der Waals surface area contributed by atoms with Gasteiger partial charge in [-0.2, -0.15) is 0 Å². The van der Waals surface area contributed by atoms with Gasteiger partial charge in [0.15, 0.2) is 0 Å². The SMILES string of the molecule is C/C(=C/[P+](c1ccccc1)(c1ccccc1)c1ccccc1)OC(c1ccc(C)cc1)c1ccc(C)cc1. The second-order valence-electron chi connectivity index (χ2n) is 9.79. The van der Waals surface area contributed by atoms with Gasteiger partial charge in [0.2, 0.25) is 0 Å². The largest absolute Gasteiger partial charge is 0.482 e. The lowest BCUT2D eigenvalue weighted by molar-refractivity contribution is 0.152. The Bertz CT molecular complexity index is 1330. The number of benzene rings is 5. The first-order valence-electron chi connectivity index (χ1n) is 13.1. The molecule has 0 bridgehead atoms. The molecule has 0 atom stereocenters. The van der Waals surface area contributed by atoms with Crippen LogP contribution in [0.5, 0.6) is 0 Å². The molecule has 0 saturated carbocycles. The van der Waals surface area contributed by atoms with Crippen LogP contribution in [0.1, 0.15) is 35.3 Å². The number of hydrogen-bond donors (Lipinski definition) is 0. The Labute approximate surface area is 227 Å². The molecule has 0 aliphatic rings. The number of aryl methyl sites for hydroxylation is 2. The predicted octanol–water partition coefficient (Wildman–Crippen LogP) is 8.26. The van der Waals surface area contributed by atoms with Crippen LogP contribution in [0, 0.1) is 13.8 Å². The molecule has 0 unspecified atom stereocenters. The third-order valence-corrected chi connectivity index (χ3v) is 11.0. The second-order valence-corrected chi connectivity index (χ2v) is 13.0. The van der Waals surface area contributed by atoms with Gasteiger partial charge < -0.3 is 4.74 Å². The van der Waals surface area contributed by atoms with Gasteiger partial charge in [-0.25, -0.2) is 0 Å². The molecule has 0 aliphatic carbocycles. The summed E-state index contributed by atoms with van der Waals surface area (Å²) in [7, 11) is -2.15. The van der Waals surface area contributed by atoms with Crippen LogP contribution in [0.25, 0.3) is 0 Å². The zero-order chi connectivity index (χ0) is 26.4. The molecule has 5 rings (SSSR count). The molecule has 0 heterocycles. The van der Waals surface area contributed by atoms with Gasteiger partial charge in [0.05, 0.1) is 0 Å². The molecule has 188 valence electrons. The van der Waals surface area contributed by atoms with Gasteiger partial charge in [-0.3, -0.25) is 0 Å². The summed E-state index contributed by atoms with van der Waals surface area (Å²) in [5.41, 5.74) is 4.78. The van der Waals surface area contributed by atoms with Crippen molar-refractivity contribution in [3.05, 3.63) is 173 Å². The molecule has 0 fully saturated rings. The van der Waals surface area contributed by atoms with E-state index in [4.69, 9.17) is 4.74 Å². The van der Waals surface area contributed by atoms with E-state index in [0.717, 1.165) is 16.9 Å². The molecule has 0 amide bonds. The fraction of sp³-hybridized carbons (Fsp3) is 0.111. The van der Waals surface area contributed by atoms with E-state index in [0.29, 0.717) is 0 Å². The van der Waals surface area contributed by atoms with Crippen molar-refractivity contribution in [2.24, 2.45) is 0 Å². The van der Waals surface area contributed by atoms with E-state index in [-0.39, 0.29) is 6.10 Å². The first-order valence-corrected chi connectivity index (χ1v) is 15.0. The van der Waals surface area contributed by atoms with Gasteiger partial charge in [-0.05, 0) is 68.3 Å². The van der Waals surface area contributed by atoms with E-state index in [1.165, 1.54) is 27.0 Å². The summed E-state index contributed by atoms with van der Waals surface area (Å²) in [5, 5.41) is 3.92. The maximum atomic E-state index is 6.91. The molecule has 0 saturated heterocycles. The van der Waals surface area contributed by atoms with Gasteiger partial charge in [-0.1, -0.05) is 114 Å². The van der Waals surface area contributed by atoms with Gasteiger partial charge in [-0.15, -0.1) is 0 Å². The van der Waals surface area contributed by atoms with E-state index < -0.39 is 7.26 Å². The van der Waals surface area contributed by atoms with Crippen molar-refractivity contribution in [3.8, 4) is 0 Å². The van der Waals surface area contributed by atoms with E-state index in [1.807, 2.05) is 0 Å². The summed E-state index contributed by atoms with van der Waals surface area (Å²) < 4.78 is 6.91. The number of allylic oxidation sites excluding steroid dienone is 1. The van der Waals surface area contributed by atoms with Crippen molar-refractivity contribution in [1.82, 2.24) is 0 Å². The van der Waals surface area contributed by atoms with E-state index in [2.05, 4.69) is 166 Å². The van der Waals surface area contributed by atoms with Crippen LogP contribution in [0.3, 0.4) is 0 Å².